The normalized spacial score (nSPS) is 26.6. The van der Waals surface area contributed by atoms with Gasteiger partial charge in [-0.15, -0.1) is 0 Å². The topological polar surface area (TPSA) is 192 Å². The summed E-state index contributed by atoms with van der Waals surface area (Å²) in [5.41, 5.74) is 0.346. The van der Waals surface area contributed by atoms with Gasteiger partial charge in [-0.2, -0.15) is 5.10 Å². The summed E-state index contributed by atoms with van der Waals surface area (Å²) in [7, 11) is -4.84. The number of aromatic nitrogens is 4. The Morgan fingerprint density at radius 3 is 2.64 bits per heavy atom. The number of aliphatic hydroxyl groups is 3. The molecule has 14 heteroatoms. The van der Waals surface area contributed by atoms with Crippen molar-refractivity contribution in [1.82, 2.24) is 19.7 Å². The number of nitrogens with zero attached hydrogens (tertiary/aromatic N) is 4. The Balaban J connectivity index is 1.62. The third-order valence-electron chi connectivity index (χ3n) is 6.57. The summed E-state index contributed by atoms with van der Waals surface area (Å²) in [5.74, 6) is 6.72. The first kappa shape index (κ1) is 26.9. The Hall–Kier alpha value is -2.14. The van der Waals surface area contributed by atoms with Crippen molar-refractivity contribution in [3.63, 3.8) is 0 Å². The highest BCUT2D eigenvalue weighted by atomic mass is 31.2. The van der Waals surface area contributed by atoms with Crippen molar-refractivity contribution in [2.45, 2.75) is 81.9 Å². The van der Waals surface area contributed by atoms with Gasteiger partial charge in [0.1, 0.15) is 24.1 Å². The van der Waals surface area contributed by atoms with E-state index in [4.69, 9.17) is 9.47 Å². The van der Waals surface area contributed by atoms with Gasteiger partial charge in [-0.3, -0.25) is 4.57 Å². The highest BCUT2D eigenvalue weighted by Gasteiger charge is 2.48. The van der Waals surface area contributed by atoms with Crippen LogP contribution in [0.4, 0.5) is 5.82 Å². The molecule has 198 valence electrons. The average molecular weight is 525 g/mol. The molecule has 1 saturated heterocycles. The summed E-state index contributed by atoms with van der Waals surface area (Å²) >= 11 is 0. The van der Waals surface area contributed by atoms with Crippen LogP contribution in [-0.4, -0.2) is 87.8 Å². The molecular formula is C22H32N5O8P. The number of hydrogen-bond acceptors (Lipinski definition) is 10. The van der Waals surface area contributed by atoms with Crippen LogP contribution in [0.2, 0.25) is 0 Å². The fourth-order valence-electron chi connectivity index (χ4n) is 4.26. The van der Waals surface area contributed by atoms with Crippen LogP contribution in [-0.2, 0) is 14.0 Å². The van der Waals surface area contributed by atoms with E-state index in [-0.39, 0.29) is 11.9 Å². The Labute approximate surface area is 208 Å². The second-order valence-electron chi connectivity index (χ2n) is 9.24. The molecule has 2 fully saturated rings. The SMILES string of the molecule is CCC#Cc1nc(NC2CCCC2)c2cnn([C@@H]3O[C@H](COC(C)(CO)P(=O)(O)O)[C@@H](O)[C@H]3O)c2n1. The minimum atomic E-state index is -4.84. The van der Waals surface area contributed by atoms with Gasteiger partial charge in [-0.05, 0) is 25.7 Å². The first-order valence-corrected chi connectivity index (χ1v) is 13.5. The summed E-state index contributed by atoms with van der Waals surface area (Å²) < 4.78 is 24.1. The lowest BCUT2D eigenvalue weighted by molar-refractivity contribution is -0.104. The van der Waals surface area contributed by atoms with E-state index in [1.165, 1.54) is 4.68 Å². The van der Waals surface area contributed by atoms with Crippen molar-refractivity contribution in [3.8, 4) is 11.8 Å². The Morgan fingerprint density at radius 2 is 2.00 bits per heavy atom. The van der Waals surface area contributed by atoms with E-state index in [1.54, 1.807) is 6.20 Å². The molecule has 6 N–H and O–H groups in total. The van der Waals surface area contributed by atoms with E-state index in [0.717, 1.165) is 32.6 Å². The summed E-state index contributed by atoms with van der Waals surface area (Å²) in [5, 5.41) is 36.9. The van der Waals surface area contributed by atoms with Gasteiger partial charge >= 0.3 is 7.60 Å². The molecule has 2 aromatic rings. The standard InChI is InChI=1S/C22H32N5O8P/c1-3-4-9-16-25-19(24-13-7-5-6-8-13)14-10-23-27(20(14)26-16)21-18(30)17(29)15(35-21)11-34-22(2,12-28)36(31,32)33/h10,13,15,17-18,21,28-30H,3,5-8,11-12H2,1-2H3,(H,24,25,26)(H2,31,32,33)/t15-,17-,18-,21-,22?/m1/s1. The number of fused-ring (bicyclic) bond motifs is 1. The van der Waals surface area contributed by atoms with Crippen LogP contribution in [0.1, 0.15) is 58.0 Å². The van der Waals surface area contributed by atoms with Gasteiger partial charge < -0.3 is 39.9 Å². The predicted molar refractivity (Wildman–Crippen MR) is 128 cm³/mol. The summed E-state index contributed by atoms with van der Waals surface area (Å²) in [6.07, 6.45) is 1.27. The van der Waals surface area contributed by atoms with E-state index in [2.05, 4.69) is 32.2 Å². The zero-order valence-electron chi connectivity index (χ0n) is 20.1. The molecule has 1 aliphatic heterocycles. The van der Waals surface area contributed by atoms with Crippen LogP contribution < -0.4 is 5.32 Å². The predicted octanol–water partition coefficient (Wildman–Crippen LogP) is 0.464. The molecule has 0 aromatic carbocycles. The molecule has 0 bridgehead atoms. The van der Waals surface area contributed by atoms with Crippen LogP contribution in [0.5, 0.6) is 0 Å². The molecule has 0 amide bonds. The van der Waals surface area contributed by atoms with E-state index < -0.39 is 50.7 Å². The van der Waals surface area contributed by atoms with Gasteiger partial charge in [-0.25, -0.2) is 14.6 Å². The van der Waals surface area contributed by atoms with Crippen LogP contribution in [0, 0.1) is 11.8 Å². The number of rotatable bonds is 8. The van der Waals surface area contributed by atoms with Gasteiger partial charge in [-0.1, -0.05) is 25.7 Å². The van der Waals surface area contributed by atoms with Gasteiger partial charge in [0.15, 0.2) is 17.2 Å². The molecule has 3 heterocycles. The monoisotopic (exact) mass is 525 g/mol. The van der Waals surface area contributed by atoms with E-state index in [0.29, 0.717) is 23.3 Å². The molecule has 1 saturated carbocycles. The lowest BCUT2D eigenvalue weighted by Crippen LogP contribution is -2.39. The molecule has 4 rings (SSSR count). The Kier molecular flexibility index (Phi) is 7.99. The zero-order valence-corrected chi connectivity index (χ0v) is 21.0. The van der Waals surface area contributed by atoms with Crippen molar-refractivity contribution < 1.29 is 39.1 Å². The lowest BCUT2D eigenvalue weighted by Gasteiger charge is -2.29. The quantitative estimate of drug-likeness (QED) is 0.206. The maximum absolute atomic E-state index is 11.7. The zero-order chi connectivity index (χ0) is 26.1. The van der Waals surface area contributed by atoms with E-state index in [9.17, 15) is 29.7 Å². The Morgan fingerprint density at radius 1 is 1.28 bits per heavy atom. The molecule has 1 aliphatic carbocycles. The van der Waals surface area contributed by atoms with Crippen LogP contribution in [0.3, 0.4) is 0 Å². The van der Waals surface area contributed by atoms with E-state index >= 15 is 0 Å². The molecule has 2 aromatic heterocycles. The van der Waals surface area contributed by atoms with Gasteiger partial charge in [0.25, 0.3) is 0 Å². The average Bonchev–Trinajstić information content (AvgIpc) is 3.56. The molecule has 1 unspecified atom stereocenters. The van der Waals surface area contributed by atoms with Gasteiger partial charge in [0, 0.05) is 12.5 Å². The molecule has 13 nitrogen and oxygen atoms in total. The van der Waals surface area contributed by atoms with Gasteiger partial charge in [0.05, 0.1) is 24.8 Å². The summed E-state index contributed by atoms with van der Waals surface area (Å²) in [6, 6.07) is 0.268. The van der Waals surface area contributed by atoms with Crippen LogP contribution in [0.15, 0.2) is 6.20 Å². The van der Waals surface area contributed by atoms with Crippen molar-refractivity contribution >= 4 is 24.4 Å². The molecule has 0 radical (unpaired) electrons. The van der Waals surface area contributed by atoms with Gasteiger partial charge in [0.2, 0.25) is 5.82 Å². The minimum Gasteiger partial charge on any atom is -0.393 e. The van der Waals surface area contributed by atoms with Crippen LogP contribution in [0.25, 0.3) is 11.0 Å². The highest BCUT2D eigenvalue weighted by molar-refractivity contribution is 7.53. The van der Waals surface area contributed by atoms with Crippen molar-refractivity contribution in [3.05, 3.63) is 12.0 Å². The molecule has 36 heavy (non-hydrogen) atoms. The number of anilines is 1. The number of hydrogen-bond donors (Lipinski definition) is 6. The second-order valence-corrected chi connectivity index (χ2v) is 11.3. The second kappa shape index (κ2) is 10.7. The lowest BCUT2D eigenvalue weighted by atomic mass is 10.1. The summed E-state index contributed by atoms with van der Waals surface area (Å²) in [6.45, 7) is 1.52. The Bertz CT molecular complexity index is 1190. The maximum atomic E-state index is 11.7. The minimum absolute atomic E-state index is 0.268. The van der Waals surface area contributed by atoms with Crippen molar-refractivity contribution in [2.75, 3.05) is 18.5 Å². The number of nitrogens with one attached hydrogen (secondary N) is 1. The molecule has 5 atom stereocenters. The number of aliphatic hydroxyl groups excluding tert-OH is 3. The molecular weight excluding hydrogens is 493 g/mol. The fourth-order valence-corrected chi connectivity index (χ4v) is 4.69. The first-order chi connectivity index (χ1) is 17.1. The smallest absolute Gasteiger partial charge is 0.359 e. The largest absolute Gasteiger partial charge is 0.393 e. The maximum Gasteiger partial charge on any atom is 0.359 e. The fraction of sp³-hybridized carbons (Fsp3) is 0.682. The van der Waals surface area contributed by atoms with Crippen LogP contribution >= 0.6 is 7.60 Å². The third-order valence-corrected chi connectivity index (χ3v) is 8.08. The van der Waals surface area contributed by atoms with E-state index in [1.807, 2.05) is 6.92 Å². The van der Waals surface area contributed by atoms with Crippen molar-refractivity contribution in [1.29, 1.82) is 0 Å². The molecule has 2 aliphatic rings. The third kappa shape index (κ3) is 5.27. The summed E-state index contributed by atoms with van der Waals surface area (Å²) in [4.78, 5) is 28.0. The highest BCUT2D eigenvalue weighted by Crippen LogP contribution is 2.51. The number of ether oxygens (including phenoxy) is 2. The first-order valence-electron chi connectivity index (χ1n) is 11.9. The molecule has 0 spiro atoms. The van der Waals surface area contributed by atoms with Crippen molar-refractivity contribution in [2.24, 2.45) is 0 Å².